The molecule has 1 aliphatic rings. The van der Waals surface area contributed by atoms with Crippen LogP contribution in [0, 0.1) is 0 Å². The fourth-order valence-electron chi connectivity index (χ4n) is 7.36. The van der Waals surface area contributed by atoms with E-state index in [1.54, 1.807) is 0 Å². The van der Waals surface area contributed by atoms with Gasteiger partial charge in [-0.1, -0.05) is 127 Å². The first-order valence-electron chi connectivity index (χ1n) is 17.2. The molecule has 5 nitrogen and oxygen atoms in total. The number of furan rings is 2. The van der Waals surface area contributed by atoms with Crippen LogP contribution in [-0.4, -0.2) is 5.84 Å². The van der Waals surface area contributed by atoms with E-state index in [1.165, 1.54) is 0 Å². The van der Waals surface area contributed by atoms with E-state index in [1.807, 2.05) is 48.5 Å². The van der Waals surface area contributed by atoms with E-state index >= 15 is 0 Å². The van der Waals surface area contributed by atoms with Gasteiger partial charge in [0.1, 0.15) is 28.7 Å². The number of para-hydroxylation sites is 4. The summed E-state index contributed by atoms with van der Waals surface area (Å²) in [6, 6.07) is 60.6. The largest absolute Gasteiger partial charge is 0.456 e. The lowest BCUT2D eigenvalue weighted by molar-refractivity contribution is 0.504. The molecule has 7 aromatic carbocycles. The van der Waals surface area contributed by atoms with Gasteiger partial charge in [0.25, 0.3) is 0 Å². The molecule has 0 amide bonds. The smallest absolute Gasteiger partial charge is 0.160 e. The minimum absolute atomic E-state index is 0.164. The van der Waals surface area contributed by atoms with Crippen molar-refractivity contribution in [3.8, 4) is 11.1 Å². The molecule has 1 aliphatic heterocycles. The summed E-state index contributed by atoms with van der Waals surface area (Å²) in [6.45, 7) is 0. The Labute approximate surface area is 294 Å². The third-order valence-corrected chi connectivity index (χ3v) is 9.74. The van der Waals surface area contributed by atoms with Crippen LogP contribution in [0.4, 0.5) is 22.7 Å². The molecule has 0 radical (unpaired) electrons. The summed E-state index contributed by atoms with van der Waals surface area (Å²) in [5, 5.41) is 6.88. The van der Waals surface area contributed by atoms with Gasteiger partial charge in [-0.2, -0.15) is 0 Å². The van der Waals surface area contributed by atoms with Crippen molar-refractivity contribution in [3.63, 3.8) is 0 Å². The third kappa shape index (κ3) is 4.90. The summed E-state index contributed by atoms with van der Waals surface area (Å²) in [7, 11) is 0. The van der Waals surface area contributed by atoms with Gasteiger partial charge in [0.05, 0.1) is 5.69 Å². The van der Waals surface area contributed by atoms with Crippen LogP contribution in [0.15, 0.2) is 190 Å². The van der Waals surface area contributed by atoms with Gasteiger partial charge < -0.3 is 19.1 Å². The quantitative estimate of drug-likeness (QED) is 0.193. The Hall–Kier alpha value is -6.85. The third-order valence-electron chi connectivity index (χ3n) is 9.74. The van der Waals surface area contributed by atoms with E-state index in [-0.39, 0.29) is 6.04 Å². The summed E-state index contributed by atoms with van der Waals surface area (Å²) >= 11 is 0. The van der Waals surface area contributed by atoms with Crippen molar-refractivity contribution >= 4 is 61.5 Å². The van der Waals surface area contributed by atoms with E-state index in [9.17, 15) is 0 Å². The molecule has 1 atom stereocenters. The first-order valence-corrected chi connectivity index (χ1v) is 17.2. The van der Waals surface area contributed by atoms with Crippen molar-refractivity contribution in [3.05, 3.63) is 193 Å². The molecule has 9 aromatic rings. The van der Waals surface area contributed by atoms with Gasteiger partial charge in [0, 0.05) is 33.1 Å². The highest BCUT2D eigenvalue weighted by Crippen LogP contribution is 2.46. The molecule has 0 bridgehead atoms. The minimum Gasteiger partial charge on any atom is -0.456 e. The van der Waals surface area contributed by atoms with Gasteiger partial charge in [-0.25, -0.2) is 4.99 Å². The monoisotopic (exact) mass is 657 g/mol. The number of anilines is 3. The molecule has 0 spiro atoms. The number of amidine groups is 1. The summed E-state index contributed by atoms with van der Waals surface area (Å²) in [5.41, 5.74) is 10.8. The predicted octanol–water partition coefficient (Wildman–Crippen LogP) is 12.2. The van der Waals surface area contributed by atoms with Gasteiger partial charge >= 0.3 is 0 Å². The van der Waals surface area contributed by atoms with Gasteiger partial charge in [-0.05, 0) is 65.2 Å². The highest BCUT2D eigenvalue weighted by Gasteiger charge is 2.30. The SMILES string of the molecule is c1ccc(C2NC(c3ccc(-c4ccc(N(c5ccccc5)c5ccccc5)c5oc6ccccc6c45)cc3)=Nc3c2oc2ccccc32)cc1. The number of benzene rings is 7. The Morgan fingerprint density at radius 2 is 1.08 bits per heavy atom. The van der Waals surface area contributed by atoms with Gasteiger partial charge in [-0.3, -0.25) is 0 Å². The van der Waals surface area contributed by atoms with E-state index in [2.05, 4.69) is 138 Å². The maximum Gasteiger partial charge on any atom is 0.160 e. The average Bonchev–Trinajstić information content (AvgIpc) is 3.78. The van der Waals surface area contributed by atoms with Crippen molar-refractivity contribution < 1.29 is 8.83 Å². The van der Waals surface area contributed by atoms with Gasteiger partial charge in [0.2, 0.25) is 0 Å². The predicted molar refractivity (Wildman–Crippen MR) is 208 cm³/mol. The number of nitrogens with one attached hydrogen (secondary N) is 1. The normalized spacial score (nSPS) is 14.0. The molecule has 51 heavy (non-hydrogen) atoms. The molecule has 3 heterocycles. The van der Waals surface area contributed by atoms with Crippen LogP contribution in [0.2, 0.25) is 0 Å². The Kier molecular flexibility index (Phi) is 6.81. The van der Waals surface area contributed by atoms with Crippen LogP contribution in [0.1, 0.15) is 22.9 Å². The molecule has 2 aromatic heterocycles. The number of aliphatic imine (C=N–C) groups is 1. The highest BCUT2D eigenvalue weighted by molar-refractivity contribution is 6.17. The number of rotatable bonds is 6. The van der Waals surface area contributed by atoms with Crippen LogP contribution in [0.3, 0.4) is 0 Å². The maximum atomic E-state index is 6.72. The van der Waals surface area contributed by atoms with Crippen molar-refractivity contribution in [2.45, 2.75) is 6.04 Å². The molecule has 0 fully saturated rings. The number of hydrogen-bond donors (Lipinski definition) is 1. The number of hydrogen-bond acceptors (Lipinski definition) is 5. The zero-order valence-corrected chi connectivity index (χ0v) is 27.5. The Bertz CT molecular complexity index is 2670. The summed E-state index contributed by atoms with van der Waals surface area (Å²) < 4.78 is 13.1. The van der Waals surface area contributed by atoms with Crippen LogP contribution < -0.4 is 10.2 Å². The van der Waals surface area contributed by atoms with Crippen LogP contribution in [0.5, 0.6) is 0 Å². The summed E-state index contributed by atoms with van der Waals surface area (Å²) in [4.78, 5) is 7.41. The minimum atomic E-state index is -0.164. The molecule has 0 saturated heterocycles. The van der Waals surface area contributed by atoms with E-state index in [0.717, 1.165) is 89.5 Å². The molecule has 5 heteroatoms. The zero-order valence-electron chi connectivity index (χ0n) is 27.5. The molecule has 0 saturated carbocycles. The van der Waals surface area contributed by atoms with Gasteiger partial charge in [0.15, 0.2) is 11.3 Å². The van der Waals surface area contributed by atoms with Gasteiger partial charge in [-0.15, -0.1) is 0 Å². The Morgan fingerprint density at radius 1 is 0.510 bits per heavy atom. The molecule has 1 N–H and O–H groups in total. The first kappa shape index (κ1) is 29.1. The standard InChI is InChI=1S/C46H31N3O2/c1-4-14-31(15-5-1)42-45-43(37-21-11-13-23-40(37)51-45)48-46(47-42)32-26-24-30(25-27-32)35-28-29-38(44-41(35)36-20-10-12-22-39(36)50-44)49(33-16-6-2-7-17-33)34-18-8-3-9-19-34/h1-29,42H,(H,47,48). The number of fused-ring (bicyclic) bond motifs is 6. The average molecular weight is 658 g/mol. The van der Waals surface area contributed by atoms with Crippen LogP contribution in [-0.2, 0) is 0 Å². The Balaban J connectivity index is 1.10. The molecule has 10 rings (SSSR count). The molecule has 1 unspecified atom stereocenters. The summed E-state index contributed by atoms with van der Waals surface area (Å²) in [5.74, 6) is 1.64. The maximum absolute atomic E-state index is 6.72. The van der Waals surface area contributed by atoms with E-state index in [0.29, 0.717) is 0 Å². The van der Waals surface area contributed by atoms with Crippen molar-refractivity contribution in [1.29, 1.82) is 0 Å². The molecule has 0 aliphatic carbocycles. The lowest BCUT2D eigenvalue weighted by Gasteiger charge is -2.26. The van der Waals surface area contributed by atoms with Crippen LogP contribution >= 0.6 is 0 Å². The van der Waals surface area contributed by atoms with Crippen molar-refractivity contribution in [2.75, 3.05) is 4.90 Å². The molecular weight excluding hydrogens is 627 g/mol. The second-order valence-electron chi connectivity index (χ2n) is 12.8. The number of nitrogens with zero attached hydrogens (tertiary/aromatic N) is 2. The summed E-state index contributed by atoms with van der Waals surface area (Å²) in [6.07, 6.45) is 0. The lowest BCUT2D eigenvalue weighted by atomic mass is 9.96. The highest BCUT2D eigenvalue weighted by atomic mass is 16.3. The second-order valence-corrected chi connectivity index (χ2v) is 12.8. The fourth-order valence-corrected chi connectivity index (χ4v) is 7.36. The van der Waals surface area contributed by atoms with Crippen molar-refractivity contribution in [1.82, 2.24) is 5.32 Å². The lowest BCUT2D eigenvalue weighted by Crippen LogP contribution is -2.32. The second kappa shape index (κ2) is 11.9. The topological polar surface area (TPSA) is 53.9 Å². The molecule has 242 valence electrons. The van der Waals surface area contributed by atoms with Crippen LogP contribution in [0.25, 0.3) is 44.0 Å². The molecular formula is C46H31N3O2. The van der Waals surface area contributed by atoms with E-state index in [4.69, 9.17) is 13.8 Å². The van der Waals surface area contributed by atoms with E-state index < -0.39 is 0 Å². The first-order chi connectivity index (χ1) is 25.3. The Morgan fingerprint density at radius 3 is 1.76 bits per heavy atom. The fraction of sp³-hybridized carbons (Fsp3) is 0.0217. The zero-order chi connectivity index (χ0) is 33.7. The van der Waals surface area contributed by atoms with Crippen molar-refractivity contribution in [2.24, 2.45) is 4.99 Å².